The lowest BCUT2D eigenvalue weighted by Crippen LogP contribution is -2.35. The van der Waals surface area contributed by atoms with Crippen molar-refractivity contribution in [2.75, 3.05) is 25.6 Å². The van der Waals surface area contributed by atoms with E-state index in [4.69, 9.17) is 25.8 Å². The van der Waals surface area contributed by atoms with Gasteiger partial charge in [-0.15, -0.1) is 0 Å². The summed E-state index contributed by atoms with van der Waals surface area (Å²) in [7, 11) is 1.42. The molecule has 0 aliphatic carbocycles. The molecule has 2 N–H and O–H groups in total. The standard InChI is InChI=1S/C24H29ClN2O6/c1-13(2)33-23-18(25)9-17(10-19(23)31-6)24(30)32-12-21(29)26-11-20(28)27-22-15(4)7-14(3)8-16(22)5/h7-10,13H,11-12H2,1-6H3,(H,26,29)(H,27,28). The molecule has 2 aromatic carbocycles. The number of benzene rings is 2. The van der Waals surface area contributed by atoms with Gasteiger partial charge in [-0.05, 0) is 57.9 Å². The van der Waals surface area contributed by atoms with Crippen LogP contribution in [0, 0.1) is 20.8 Å². The van der Waals surface area contributed by atoms with Gasteiger partial charge in [0.15, 0.2) is 18.1 Å². The number of methoxy groups -OCH3 is 1. The van der Waals surface area contributed by atoms with E-state index in [0.717, 1.165) is 16.7 Å². The van der Waals surface area contributed by atoms with Gasteiger partial charge in [0.1, 0.15) is 0 Å². The first-order valence-electron chi connectivity index (χ1n) is 10.4. The molecule has 2 amide bonds. The molecular weight excluding hydrogens is 448 g/mol. The van der Waals surface area contributed by atoms with Crippen molar-refractivity contribution in [1.29, 1.82) is 0 Å². The summed E-state index contributed by atoms with van der Waals surface area (Å²) in [5.74, 6) is -1.19. The number of amides is 2. The van der Waals surface area contributed by atoms with Gasteiger partial charge in [0.25, 0.3) is 5.91 Å². The van der Waals surface area contributed by atoms with Crippen molar-refractivity contribution in [3.8, 4) is 11.5 Å². The second kappa shape index (κ2) is 11.6. The Hall–Kier alpha value is -3.26. The van der Waals surface area contributed by atoms with Gasteiger partial charge in [-0.1, -0.05) is 29.3 Å². The first kappa shape index (κ1) is 26.0. The summed E-state index contributed by atoms with van der Waals surface area (Å²) in [6.07, 6.45) is -0.145. The van der Waals surface area contributed by atoms with Crippen molar-refractivity contribution < 1.29 is 28.6 Å². The fourth-order valence-corrected chi connectivity index (χ4v) is 3.45. The largest absolute Gasteiger partial charge is 0.493 e. The molecular formula is C24H29ClN2O6. The predicted molar refractivity (Wildman–Crippen MR) is 126 cm³/mol. The number of carbonyl (C=O) groups is 3. The highest BCUT2D eigenvalue weighted by atomic mass is 35.5. The molecule has 0 fully saturated rings. The number of aryl methyl sites for hydroxylation is 3. The van der Waals surface area contributed by atoms with Crippen LogP contribution in [0.2, 0.25) is 5.02 Å². The minimum absolute atomic E-state index is 0.101. The van der Waals surface area contributed by atoms with Crippen LogP contribution in [0.3, 0.4) is 0 Å². The Morgan fingerprint density at radius 2 is 1.64 bits per heavy atom. The highest BCUT2D eigenvalue weighted by Gasteiger charge is 2.19. The number of ether oxygens (including phenoxy) is 3. The summed E-state index contributed by atoms with van der Waals surface area (Å²) in [4.78, 5) is 36.6. The van der Waals surface area contributed by atoms with E-state index in [1.165, 1.54) is 19.2 Å². The van der Waals surface area contributed by atoms with Crippen LogP contribution in [0.5, 0.6) is 11.5 Å². The van der Waals surface area contributed by atoms with Crippen LogP contribution in [-0.2, 0) is 14.3 Å². The highest BCUT2D eigenvalue weighted by molar-refractivity contribution is 6.32. The van der Waals surface area contributed by atoms with E-state index in [1.54, 1.807) is 0 Å². The van der Waals surface area contributed by atoms with Crippen LogP contribution >= 0.6 is 11.6 Å². The summed E-state index contributed by atoms with van der Waals surface area (Å²) in [6, 6.07) is 6.72. The SMILES string of the molecule is COc1cc(C(=O)OCC(=O)NCC(=O)Nc2c(C)cc(C)cc2C)cc(Cl)c1OC(C)C. The van der Waals surface area contributed by atoms with E-state index in [1.807, 2.05) is 46.8 Å². The minimum atomic E-state index is -0.767. The molecule has 0 radical (unpaired) electrons. The van der Waals surface area contributed by atoms with Gasteiger partial charge in [0.2, 0.25) is 5.91 Å². The quantitative estimate of drug-likeness (QED) is 0.531. The Labute approximate surface area is 198 Å². The zero-order chi connectivity index (χ0) is 24.7. The molecule has 0 heterocycles. The Morgan fingerprint density at radius 1 is 1.00 bits per heavy atom. The fourth-order valence-electron chi connectivity index (χ4n) is 3.19. The van der Waals surface area contributed by atoms with Crippen LogP contribution in [-0.4, -0.2) is 44.1 Å². The average molecular weight is 477 g/mol. The number of anilines is 1. The van der Waals surface area contributed by atoms with Crippen molar-refractivity contribution in [3.05, 3.63) is 51.5 Å². The normalized spacial score (nSPS) is 10.5. The van der Waals surface area contributed by atoms with Gasteiger partial charge in [-0.25, -0.2) is 4.79 Å². The third kappa shape index (κ3) is 7.39. The molecule has 2 aromatic rings. The summed E-state index contributed by atoms with van der Waals surface area (Å²) >= 11 is 6.21. The number of hydrogen-bond acceptors (Lipinski definition) is 6. The Balaban J connectivity index is 1.90. The molecule has 0 aromatic heterocycles. The maximum atomic E-state index is 12.3. The van der Waals surface area contributed by atoms with Gasteiger partial charge in [0, 0.05) is 5.69 Å². The Morgan fingerprint density at radius 3 is 2.21 bits per heavy atom. The van der Waals surface area contributed by atoms with E-state index in [2.05, 4.69) is 10.6 Å². The lowest BCUT2D eigenvalue weighted by Gasteiger charge is -2.16. The van der Waals surface area contributed by atoms with Crippen LogP contribution in [0.25, 0.3) is 0 Å². The van der Waals surface area contributed by atoms with Crippen LogP contribution in [0.15, 0.2) is 24.3 Å². The number of carbonyl (C=O) groups excluding carboxylic acids is 3. The highest BCUT2D eigenvalue weighted by Crippen LogP contribution is 2.37. The number of esters is 1. The Bertz CT molecular complexity index is 1030. The zero-order valence-corrected chi connectivity index (χ0v) is 20.4. The van der Waals surface area contributed by atoms with Gasteiger partial charge in [-0.3, -0.25) is 9.59 Å². The van der Waals surface area contributed by atoms with Crippen molar-refractivity contribution in [1.82, 2.24) is 5.32 Å². The van der Waals surface area contributed by atoms with Crippen molar-refractivity contribution >= 4 is 35.1 Å². The van der Waals surface area contributed by atoms with Gasteiger partial charge in [-0.2, -0.15) is 0 Å². The van der Waals surface area contributed by atoms with E-state index in [-0.39, 0.29) is 34.9 Å². The van der Waals surface area contributed by atoms with Gasteiger partial charge >= 0.3 is 5.97 Å². The van der Waals surface area contributed by atoms with Crippen molar-refractivity contribution in [3.63, 3.8) is 0 Å². The molecule has 0 spiro atoms. The Kier molecular flexibility index (Phi) is 9.11. The third-order valence-corrected chi connectivity index (χ3v) is 4.82. The van der Waals surface area contributed by atoms with E-state index >= 15 is 0 Å². The molecule has 9 heteroatoms. The number of hydrogen-bond donors (Lipinski definition) is 2. The fraction of sp³-hybridized carbons (Fsp3) is 0.375. The number of halogens is 1. The summed E-state index contributed by atoms with van der Waals surface area (Å²) in [5.41, 5.74) is 3.77. The molecule has 33 heavy (non-hydrogen) atoms. The topological polar surface area (TPSA) is 103 Å². The van der Waals surface area contributed by atoms with Crippen LogP contribution in [0.1, 0.15) is 40.9 Å². The molecule has 0 aliphatic rings. The molecule has 2 rings (SSSR count). The van der Waals surface area contributed by atoms with Crippen LogP contribution in [0.4, 0.5) is 5.69 Å². The average Bonchev–Trinajstić information content (AvgIpc) is 2.73. The molecule has 0 unspecified atom stereocenters. The van der Waals surface area contributed by atoms with Gasteiger partial charge in [0.05, 0.1) is 30.3 Å². The zero-order valence-electron chi connectivity index (χ0n) is 19.6. The smallest absolute Gasteiger partial charge is 0.338 e. The second-order valence-corrected chi connectivity index (χ2v) is 8.24. The number of rotatable bonds is 9. The van der Waals surface area contributed by atoms with Crippen LogP contribution < -0.4 is 20.1 Å². The molecule has 0 saturated carbocycles. The molecule has 0 atom stereocenters. The van der Waals surface area contributed by atoms with E-state index in [9.17, 15) is 14.4 Å². The van der Waals surface area contributed by atoms with Crippen molar-refractivity contribution in [2.45, 2.75) is 40.7 Å². The lowest BCUT2D eigenvalue weighted by molar-refractivity contribution is -0.126. The maximum absolute atomic E-state index is 12.3. The molecule has 0 saturated heterocycles. The third-order valence-electron chi connectivity index (χ3n) is 4.54. The summed E-state index contributed by atoms with van der Waals surface area (Å²) < 4.78 is 15.9. The number of nitrogens with one attached hydrogen (secondary N) is 2. The predicted octanol–water partition coefficient (Wildman–Crippen LogP) is 3.97. The van der Waals surface area contributed by atoms with Gasteiger partial charge < -0.3 is 24.8 Å². The van der Waals surface area contributed by atoms with E-state index < -0.39 is 18.5 Å². The summed E-state index contributed by atoms with van der Waals surface area (Å²) in [6.45, 7) is 8.63. The lowest BCUT2D eigenvalue weighted by atomic mass is 10.1. The first-order chi connectivity index (χ1) is 15.5. The summed E-state index contributed by atoms with van der Waals surface area (Å²) in [5, 5.41) is 5.39. The first-order valence-corrected chi connectivity index (χ1v) is 10.7. The van der Waals surface area contributed by atoms with E-state index in [0.29, 0.717) is 11.4 Å². The monoisotopic (exact) mass is 476 g/mol. The maximum Gasteiger partial charge on any atom is 0.338 e. The molecule has 0 bridgehead atoms. The molecule has 178 valence electrons. The second-order valence-electron chi connectivity index (χ2n) is 7.83. The molecule has 8 nitrogen and oxygen atoms in total. The van der Waals surface area contributed by atoms with Crippen molar-refractivity contribution in [2.24, 2.45) is 0 Å². The minimum Gasteiger partial charge on any atom is -0.493 e. The molecule has 0 aliphatic heterocycles.